The maximum absolute atomic E-state index is 10.3. The Bertz CT molecular complexity index is 255. The Morgan fingerprint density at radius 3 is 3.00 bits per heavy atom. The van der Waals surface area contributed by atoms with Crippen molar-refractivity contribution in [3.05, 3.63) is 17.8 Å². The van der Waals surface area contributed by atoms with Crippen molar-refractivity contribution >= 4 is 5.91 Å². The second-order valence-corrected chi connectivity index (χ2v) is 2.32. The highest BCUT2D eigenvalue weighted by Gasteiger charge is 2.01. The van der Waals surface area contributed by atoms with E-state index >= 15 is 0 Å². The van der Waals surface area contributed by atoms with Crippen LogP contribution in [0.15, 0.2) is 10.7 Å². The fraction of sp³-hybridized carbons (Fsp3) is 0.429. The third-order valence-electron chi connectivity index (χ3n) is 1.29. The molecule has 0 aliphatic rings. The number of nitrogens with two attached hydrogens (primary N) is 1. The summed E-state index contributed by atoms with van der Waals surface area (Å²) in [5, 5.41) is 0. The molecule has 60 valence electrons. The van der Waals surface area contributed by atoms with Gasteiger partial charge in [0.2, 0.25) is 5.91 Å². The number of aryl methyl sites for hydroxylation is 2. The van der Waals surface area contributed by atoms with E-state index in [-0.39, 0.29) is 5.91 Å². The molecule has 1 rings (SSSR count). The van der Waals surface area contributed by atoms with Crippen molar-refractivity contribution < 1.29 is 9.21 Å². The summed E-state index contributed by atoms with van der Waals surface area (Å²) in [4.78, 5) is 14.4. The number of primary amides is 1. The van der Waals surface area contributed by atoms with Gasteiger partial charge in [-0.05, 0) is 0 Å². The molecule has 1 aromatic rings. The van der Waals surface area contributed by atoms with Crippen LogP contribution in [0.5, 0.6) is 0 Å². The highest BCUT2D eigenvalue weighted by Crippen LogP contribution is 2.02. The molecule has 0 bridgehead atoms. The molecule has 0 aliphatic heterocycles. The van der Waals surface area contributed by atoms with Gasteiger partial charge >= 0.3 is 0 Å². The standard InChI is InChI=1S/C7H10N2O2/c1-5-9-6(4-11-5)2-3-7(8)10/h4H,2-3H2,1H3,(H2,8,10). The molecule has 1 aromatic heterocycles. The van der Waals surface area contributed by atoms with Crippen LogP contribution >= 0.6 is 0 Å². The van der Waals surface area contributed by atoms with Crippen LogP contribution in [0.2, 0.25) is 0 Å². The first kappa shape index (κ1) is 7.78. The Hall–Kier alpha value is -1.32. The number of carbonyl (C=O) groups excluding carboxylic acids is 1. The fourth-order valence-corrected chi connectivity index (χ4v) is 0.774. The lowest BCUT2D eigenvalue weighted by molar-refractivity contribution is -0.118. The van der Waals surface area contributed by atoms with E-state index in [4.69, 9.17) is 10.2 Å². The number of carbonyl (C=O) groups is 1. The van der Waals surface area contributed by atoms with Crippen LogP contribution in [-0.2, 0) is 11.2 Å². The van der Waals surface area contributed by atoms with Gasteiger partial charge in [0.1, 0.15) is 6.26 Å². The summed E-state index contributed by atoms with van der Waals surface area (Å²) in [6, 6.07) is 0. The second kappa shape index (κ2) is 3.18. The number of hydrogen-bond donors (Lipinski definition) is 1. The normalized spacial score (nSPS) is 9.91. The highest BCUT2D eigenvalue weighted by atomic mass is 16.3. The molecule has 2 N–H and O–H groups in total. The van der Waals surface area contributed by atoms with Crippen molar-refractivity contribution in [3.63, 3.8) is 0 Å². The van der Waals surface area contributed by atoms with Crippen molar-refractivity contribution in [1.29, 1.82) is 0 Å². The molecular weight excluding hydrogens is 144 g/mol. The molecule has 11 heavy (non-hydrogen) atoms. The van der Waals surface area contributed by atoms with Crippen LogP contribution in [0, 0.1) is 6.92 Å². The summed E-state index contributed by atoms with van der Waals surface area (Å²) in [5.41, 5.74) is 5.73. The van der Waals surface area contributed by atoms with Crippen molar-refractivity contribution in [2.24, 2.45) is 5.73 Å². The van der Waals surface area contributed by atoms with Gasteiger partial charge in [-0.1, -0.05) is 0 Å². The number of nitrogens with zero attached hydrogens (tertiary/aromatic N) is 1. The van der Waals surface area contributed by atoms with E-state index in [1.54, 1.807) is 6.92 Å². The Morgan fingerprint density at radius 1 is 1.82 bits per heavy atom. The lowest BCUT2D eigenvalue weighted by atomic mass is 10.2. The maximum atomic E-state index is 10.3. The number of oxazole rings is 1. The first-order valence-corrected chi connectivity index (χ1v) is 3.38. The van der Waals surface area contributed by atoms with Gasteiger partial charge in [0.25, 0.3) is 0 Å². The van der Waals surface area contributed by atoms with Crippen LogP contribution in [0.4, 0.5) is 0 Å². The molecule has 1 heterocycles. The molecule has 1 amide bonds. The average Bonchev–Trinajstić information content (AvgIpc) is 2.31. The first-order valence-electron chi connectivity index (χ1n) is 3.38. The summed E-state index contributed by atoms with van der Waals surface area (Å²) < 4.78 is 4.93. The lowest BCUT2D eigenvalue weighted by Crippen LogP contribution is -2.11. The largest absolute Gasteiger partial charge is 0.449 e. The maximum Gasteiger partial charge on any atom is 0.217 e. The van der Waals surface area contributed by atoms with E-state index < -0.39 is 0 Å². The van der Waals surface area contributed by atoms with E-state index in [1.165, 1.54) is 6.26 Å². The SMILES string of the molecule is Cc1nc(CCC(N)=O)co1. The molecule has 0 fully saturated rings. The van der Waals surface area contributed by atoms with Crippen molar-refractivity contribution in [3.8, 4) is 0 Å². The van der Waals surface area contributed by atoms with Gasteiger partial charge in [0.05, 0.1) is 5.69 Å². The lowest BCUT2D eigenvalue weighted by Gasteiger charge is -1.88. The minimum absolute atomic E-state index is 0.314. The quantitative estimate of drug-likeness (QED) is 0.685. The molecule has 4 heteroatoms. The van der Waals surface area contributed by atoms with Gasteiger partial charge in [-0.3, -0.25) is 4.79 Å². The summed E-state index contributed by atoms with van der Waals surface area (Å²) in [7, 11) is 0. The third kappa shape index (κ3) is 2.41. The predicted octanol–water partition coefficient (Wildman–Crippen LogP) is 0.401. The third-order valence-corrected chi connectivity index (χ3v) is 1.29. The molecule has 0 spiro atoms. The molecule has 0 saturated carbocycles. The minimum atomic E-state index is -0.314. The first-order chi connectivity index (χ1) is 5.18. The monoisotopic (exact) mass is 154 g/mol. The number of rotatable bonds is 3. The summed E-state index contributed by atoms with van der Waals surface area (Å²) in [6.07, 6.45) is 2.43. The fourth-order valence-electron chi connectivity index (χ4n) is 0.774. The Balaban J connectivity index is 2.45. The average molecular weight is 154 g/mol. The Kier molecular flexibility index (Phi) is 2.25. The zero-order chi connectivity index (χ0) is 8.27. The van der Waals surface area contributed by atoms with E-state index in [0.29, 0.717) is 18.7 Å². The minimum Gasteiger partial charge on any atom is -0.449 e. The smallest absolute Gasteiger partial charge is 0.217 e. The summed E-state index contributed by atoms with van der Waals surface area (Å²) in [5.74, 6) is 0.301. The topological polar surface area (TPSA) is 69.1 Å². The molecule has 0 atom stereocenters. The van der Waals surface area contributed by atoms with Crippen molar-refractivity contribution in [2.45, 2.75) is 19.8 Å². The summed E-state index contributed by atoms with van der Waals surface area (Å²) >= 11 is 0. The van der Waals surface area contributed by atoms with Crippen LogP contribution < -0.4 is 5.73 Å². The van der Waals surface area contributed by atoms with E-state index in [9.17, 15) is 4.79 Å². The van der Waals surface area contributed by atoms with Gasteiger partial charge in [0, 0.05) is 19.8 Å². The molecule has 0 unspecified atom stereocenters. The van der Waals surface area contributed by atoms with Crippen molar-refractivity contribution in [1.82, 2.24) is 4.98 Å². The molecule has 0 saturated heterocycles. The number of aromatic nitrogens is 1. The highest BCUT2D eigenvalue weighted by molar-refractivity contribution is 5.73. The zero-order valence-electron chi connectivity index (χ0n) is 6.33. The molecule has 0 aromatic carbocycles. The molecule has 0 aliphatic carbocycles. The van der Waals surface area contributed by atoms with Gasteiger partial charge < -0.3 is 10.2 Å². The van der Waals surface area contributed by atoms with Crippen LogP contribution in [0.3, 0.4) is 0 Å². The Labute approximate surface area is 64.4 Å². The van der Waals surface area contributed by atoms with Crippen LogP contribution in [-0.4, -0.2) is 10.9 Å². The van der Waals surface area contributed by atoms with E-state index in [2.05, 4.69) is 4.98 Å². The van der Waals surface area contributed by atoms with Gasteiger partial charge in [-0.25, -0.2) is 4.98 Å². The van der Waals surface area contributed by atoms with Crippen molar-refractivity contribution in [2.75, 3.05) is 0 Å². The van der Waals surface area contributed by atoms with Gasteiger partial charge in [0.15, 0.2) is 5.89 Å². The number of amides is 1. The van der Waals surface area contributed by atoms with E-state index in [0.717, 1.165) is 5.69 Å². The molecule has 4 nitrogen and oxygen atoms in total. The van der Waals surface area contributed by atoms with E-state index in [1.807, 2.05) is 0 Å². The molecule has 0 radical (unpaired) electrons. The van der Waals surface area contributed by atoms with Crippen LogP contribution in [0.25, 0.3) is 0 Å². The zero-order valence-corrected chi connectivity index (χ0v) is 6.33. The Morgan fingerprint density at radius 2 is 2.55 bits per heavy atom. The second-order valence-electron chi connectivity index (χ2n) is 2.32. The summed E-state index contributed by atoms with van der Waals surface area (Å²) in [6.45, 7) is 1.76. The van der Waals surface area contributed by atoms with Gasteiger partial charge in [-0.15, -0.1) is 0 Å². The van der Waals surface area contributed by atoms with Gasteiger partial charge in [-0.2, -0.15) is 0 Å². The van der Waals surface area contributed by atoms with Crippen LogP contribution in [0.1, 0.15) is 18.0 Å². The number of hydrogen-bond acceptors (Lipinski definition) is 3. The molecular formula is C7H10N2O2. The predicted molar refractivity (Wildman–Crippen MR) is 38.8 cm³/mol.